The van der Waals surface area contributed by atoms with Crippen LogP contribution in [-0.2, 0) is 4.79 Å². The van der Waals surface area contributed by atoms with Crippen LogP contribution in [0.15, 0.2) is 24.3 Å². The van der Waals surface area contributed by atoms with Crippen molar-refractivity contribution in [2.75, 3.05) is 18.0 Å². The smallest absolute Gasteiger partial charge is 0.238 e. The Hall–Kier alpha value is -1.66. The van der Waals surface area contributed by atoms with Crippen molar-refractivity contribution >= 4 is 32.6 Å². The Morgan fingerprint density at radius 1 is 1.47 bits per heavy atom. The van der Waals surface area contributed by atoms with Gasteiger partial charge < -0.3 is 4.90 Å². The number of amides is 1. The zero-order valence-corrected chi connectivity index (χ0v) is 11.3. The van der Waals surface area contributed by atoms with Crippen LogP contribution in [0.4, 0.5) is 5.13 Å². The number of aromatic nitrogens is 1. The molecular formula is C13H16N4OS. The van der Waals surface area contributed by atoms with Crippen LogP contribution in [0.3, 0.4) is 0 Å². The Balaban J connectivity index is 1.83. The Bertz CT molecular complexity index is 564. The van der Waals surface area contributed by atoms with Crippen LogP contribution < -0.4 is 16.2 Å². The number of thiazole rings is 1. The first-order valence-corrected chi connectivity index (χ1v) is 7.20. The molecule has 19 heavy (non-hydrogen) atoms. The van der Waals surface area contributed by atoms with E-state index in [4.69, 9.17) is 5.84 Å². The highest BCUT2D eigenvalue weighted by Gasteiger charge is 2.26. The minimum Gasteiger partial charge on any atom is -0.347 e. The van der Waals surface area contributed by atoms with Crippen molar-refractivity contribution in [1.82, 2.24) is 10.4 Å². The second-order valence-corrected chi connectivity index (χ2v) is 5.77. The number of rotatable bonds is 2. The Morgan fingerprint density at radius 3 is 3.11 bits per heavy atom. The summed E-state index contributed by atoms with van der Waals surface area (Å²) >= 11 is 1.68. The second kappa shape index (κ2) is 5.14. The van der Waals surface area contributed by atoms with Crippen molar-refractivity contribution in [2.45, 2.75) is 12.8 Å². The minimum atomic E-state index is -0.0780. The van der Waals surface area contributed by atoms with Crippen molar-refractivity contribution < 1.29 is 4.79 Å². The van der Waals surface area contributed by atoms with Crippen molar-refractivity contribution in [2.24, 2.45) is 11.8 Å². The maximum absolute atomic E-state index is 11.6. The van der Waals surface area contributed by atoms with Gasteiger partial charge in [-0.15, -0.1) is 0 Å². The zero-order valence-electron chi connectivity index (χ0n) is 10.5. The lowest BCUT2D eigenvalue weighted by atomic mass is 9.98. The summed E-state index contributed by atoms with van der Waals surface area (Å²) in [7, 11) is 0. The number of carbonyl (C=O) groups is 1. The average Bonchev–Trinajstić information content (AvgIpc) is 2.90. The highest BCUT2D eigenvalue weighted by Crippen LogP contribution is 2.31. The predicted molar refractivity (Wildman–Crippen MR) is 76.9 cm³/mol. The number of para-hydroxylation sites is 1. The maximum atomic E-state index is 11.6. The molecule has 0 radical (unpaired) electrons. The van der Waals surface area contributed by atoms with E-state index in [0.29, 0.717) is 6.54 Å². The van der Waals surface area contributed by atoms with Crippen molar-refractivity contribution in [3.8, 4) is 0 Å². The molecule has 0 saturated carbocycles. The molecule has 100 valence electrons. The van der Waals surface area contributed by atoms with Crippen molar-refractivity contribution in [3.05, 3.63) is 24.3 Å². The molecule has 1 fully saturated rings. The van der Waals surface area contributed by atoms with Gasteiger partial charge in [0.15, 0.2) is 5.13 Å². The van der Waals surface area contributed by atoms with Crippen LogP contribution in [0, 0.1) is 5.92 Å². The molecule has 3 rings (SSSR count). The van der Waals surface area contributed by atoms with E-state index in [9.17, 15) is 4.79 Å². The summed E-state index contributed by atoms with van der Waals surface area (Å²) in [5, 5.41) is 0.996. The number of anilines is 1. The molecule has 3 N–H and O–H groups in total. The molecule has 1 amide bonds. The van der Waals surface area contributed by atoms with Gasteiger partial charge in [-0.1, -0.05) is 23.5 Å². The van der Waals surface area contributed by atoms with E-state index in [1.165, 1.54) is 4.70 Å². The number of nitrogens with one attached hydrogen (secondary N) is 1. The number of carbonyl (C=O) groups excluding carboxylic acids is 1. The van der Waals surface area contributed by atoms with Gasteiger partial charge in [-0.25, -0.2) is 10.8 Å². The van der Waals surface area contributed by atoms with Crippen LogP contribution >= 0.6 is 11.3 Å². The number of nitrogens with two attached hydrogens (primary N) is 1. The van der Waals surface area contributed by atoms with E-state index >= 15 is 0 Å². The lowest BCUT2D eigenvalue weighted by Crippen LogP contribution is -2.45. The quantitative estimate of drug-likeness (QED) is 0.495. The molecular weight excluding hydrogens is 260 g/mol. The third kappa shape index (κ3) is 2.41. The Morgan fingerprint density at radius 2 is 2.32 bits per heavy atom. The van der Waals surface area contributed by atoms with Gasteiger partial charge in [0.1, 0.15) is 0 Å². The SMILES string of the molecule is NNC(=O)[C@@H]1CCCN(c2nc3ccccc3s2)C1. The van der Waals surface area contributed by atoms with Gasteiger partial charge >= 0.3 is 0 Å². The van der Waals surface area contributed by atoms with Crippen molar-refractivity contribution in [1.29, 1.82) is 0 Å². The molecule has 1 aliphatic rings. The van der Waals surface area contributed by atoms with E-state index in [0.717, 1.165) is 30.0 Å². The third-order valence-electron chi connectivity index (χ3n) is 3.49. The monoisotopic (exact) mass is 276 g/mol. The molecule has 0 aliphatic carbocycles. The lowest BCUT2D eigenvalue weighted by molar-refractivity contribution is -0.125. The lowest BCUT2D eigenvalue weighted by Gasteiger charge is -2.31. The number of hydrogen-bond acceptors (Lipinski definition) is 5. The first kappa shape index (κ1) is 12.4. The summed E-state index contributed by atoms with van der Waals surface area (Å²) in [5.41, 5.74) is 3.27. The van der Waals surface area contributed by atoms with Crippen LogP contribution in [0.25, 0.3) is 10.2 Å². The summed E-state index contributed by atoms with van der Waals surface area (Å²) in [5.74, 6) is 5.10. The predicted octanol–water partition coefficient (Wildman–Crippen LogP) is 1.50. The number of nitrogens with zero attached hydrogens (tertiary/aromatic N) is 2. The third-order valence-corrected chi connectivity index (χ3v) is 4.58. The fourth-order valence-electron chi connectivity index (χ4n) is 2.48. The Labute approximate surface area is 115 Å². The topological polar surface area (TPSA) is 71.2 Å². The highest BCUT2D eigenvalue weighted by molar-refractivity contribution is 7.22. The highest BCUT2D eigenvalue weighted by atomic mass is 32.1. The van der Waals surface area contributed by atoms with Crippen LogP contribution in [0.5, 0.6) is 0 Å². The van der Waals surface area contributed by atoms with Crippen LogP contribution in [0.1, 0.15) is 12.8 Å². The van der Waals surface area contributed by atoms with E-state index in [2.05, 4.69) is 21.4 Å². The molecule has 5 nitrogen and oxygen atoms in total. The molecule has 1 aliphatic heterocycles. The minimum absolute atomic E-state index is 0.0363. The molecule has 2 aromatic rings. The first-order valence-electron chi connectivity index (χ1n) is 6.39. The van der Waals surface area contributed by atoms with E-state index in [1.54, 1.807) is 11.3 Å². The van der Waals surface area contributed by atoms with Gasteiger partial charge in [-0.05, 0) is 25.0 Å². The fraction of sp³-hybridized carbons (Fsp3) is 0.385. The molecule has 0 bridgehead atoms. The molecule has 1 aromatic heterocycles. The summed E-state index contributed by atoms with van der Waals surface area (Å²) in [6.45, 7) is 1.65. The summed E-state index contributed by atoms with van der Waals surface area (Å²) in [6, 6.07) is 8.10. The summed E-state index contributed by atoms with van der Waals surface area (Å²) in [6.07, 6.45) is 1.89. The average molecular weight is 276 g/mol. The number of piperidine rings is 1. The van der Waals surface area contributed by atoms with Gasteiger partial charge in [0.25, 0.3) is 0 Å². The second-order valence-electron chi connectivity index (χ2n) is 4.76. The maximum Gasteiger partial charge on any atom is 0.238 e. The van der Waals surface area contributed by atoms with E-state index in [-0.39, 0.29) is 11.8 Å². The van der Waals surface area contributed by atoms with E-state index < -0.39 is 0 Å². The van der Waals surface area contributed by atoms with Gasteiger partial charge in [0.2, 0.25) is 5.91 Å². The molecule has 1 aromatic carbocycles. The van der Waals surface area contributed by atoms with Gasteiger partial charge in [-0.3, -0.25) is 10.2 Å². The number of hydrogen-bond donors (Lipinski definition) is 2. The van der Waals surface area contributed by atoms with Crippen LogP contribution in [0.2, 0.25) is 0 Å². The fourth-order valence-corrected chi connectivity index (χ4v) is 3.48. The normalized spacial score (nSPS) is 19.6. The number of benzene rings is 1. The molecule has 2 heterocycles. The van der Waals surface area contributed by atoms with Gasteiger partial charge in [-0.2, -0.15) is 0 Å². The molecule has 0 unspecified atom stereocenters. The molecule has 6 heteroatoms. The first-order chi connectivity index (χ1) is 9.28. The van der Waals surface area contributed by atoms with Gasteiger partial charge in [0, 0.05) is 13.1 Å². The van der Waals surface area contributed by atoms with Crippen molar-refractivity contribution in [3.63, 3.8) is 0 Å². The summed E-state index contributed by atoms with van der Waals surface area (Å²) in [4.78, 5) is 18.5. The molecule has 1 saturated heterocycles. The standard InChI is InChI=1S/C13H16N4OS/c14-16-12(18)9-4-3-7-17(8-9)13-15-10-5-1-2-6-11(10)19-13/h1-2,5-6,9H,3-4,7-8,14H2,(H,16,18)/t9-/m1/s1. The zero-order chi connectivity index (χ0) is 13.2. The number of hydrazine groups is 1. The largest absolute Gasteiger partial charge is 0.347 e. The molecule has 0 spiro atoms. The van der Waals surface area contributed by atoms with Gasteiger partial charge in [0.05, 0.1) is 16.1 Å². The van der Waals surface area contributed by atoms with E-state index in [1.807, 2.05) is 18.2 Å². The van der Waals surface area contributed by atoms with Crippen LogP contribution in [-0.4, -0.2) is 24.0 Å². The number of fused-ring (bicyclic) bond motifs is 1. The molecule has 1 atom stereocenters. The summed E-state index contributed by atoms with van der Waals surface area (Å²) < 4.78 is 1.18. The Kier molecular flexibility index (Phi) is 3.35.